The van der Waals surface area contributed by atoms with Crippen molar-refractivity contribution in [2.24, 2.45) is 0 Å². The Labute approximate surface area is 116 Å². The lowest BCUT2D eigenvalue weighted by molar-refractivity contribution is 0.248. The second kappa shape index (κ2) is 8.57. The second-order valence-corrected chi connectivity index (χ2v) is 5.69. The summed E-state index contributed by atoms with van der Waals surface area (Å²) >= 11 is 1.93. The number of hydrogen-bond donors (Lipinski definition) is 1. The molecular weight excluding hydrogens is 240 g/mol. The lowest BCUT2D eigenvalue weighted by Crippen LogP contribution is -2.32. The smallest absolute Gasteiger partial charge is 0.0233 e. The van der Waals surface area contributed by atoms with Crippen molar-refractivity contribution in [2.75, 3.05) is 26.1 Å². The van der Waals surface area contributed by atoms with Crippen LogP contribution >= 0.6 is 11.8 Å². The lowest BCUT2D eigenvalue weighted by Gasteiger charge is -2.26. The van der Waals surface area contributed by atoms with E-state index in [1.807, 2.05) is 18.8 Å². The van der Waals surface area contributed by atoms with Crippen LogP contribution in [0.5, 0.6) is 0 Å². The molecule has 102 valence electrons. The Balaban J connectivity index is 2.55. The number of rotatable bonds is 8. The normalized spacial score (nSPS) is 12.9. The summed E-state index contributed by atoms with van der Waals surface area (Å²) in [6.07, 6.45) is 3.40. The molecule has 2 nitrogen and oxygen atoms in total. The Morgan fingerprint density at radius 2 is 1.83 bits per heavy atom. The molecule has 0 aliphatic rings. The first kappa shape index (κ1) is 15.5. The van der Waals surface area contributed by atoms with Gasteiger partial charge in [-0.3, -0.25) is 4.90 Å². The van der Waals surface area contributed by atoms with Crippen LogP contribution in [0.3, 0.4) is 0 Å². The van der Waals surface area contributed by atoms with Crippen LogP contribution in [0.4, 0.5) is 0 Å². The molecule has 1 rings (SSSR count). The molecule has 0 saturated heterocycles. The van der Waals surface area contributed by atoms with Gasteiger partial charge in [-0.1, -0.05) is 31.2 Å². The third-order valence-corrected chi connectivity index (χ3v) is 4.01. The molecule has 1 aromatic carbocycles. The maximum atomic E-state index is 3.18. The molecule has 18 heavy (non-hydrogen) atoms. The summed E-state index contributed by atoms with van der Waals surface area (Å²) in [5.41, 5.74) is 2.75. The highest BCUT2D eigenvalue weighted by atomic mass is 32.2. The van der Waals surface area contributed by atoms with E-state index in [1.54, 1.807) is 0 Å². The third-order valence-electron chi connectivity index (χ3n) is 3.29. The van der Waals surface area contributed by atoms with E-state index >= 15 is 0 Å². The molecule has 0 bridgehead atoms. The van der Waals surface area contributed by atoms with Gasteiger partial charge in [-0.05, 0) is 37.9 Å². The van der Waals surface area contributed by atoms with E-state index < -0.39 is 0 Å². The SMILES string of the molecule is CCC(CSC)N(C)Cc1ccc(CNC)cc1. The van der Waals surface area contributed by atoms with Crippen LogP contribution in [0.25, 0.3) is 0 Å². The molecule has 0 spiro atoms. The Bertz CT molecular complexity index is 324. The molecule has 0 aliphatic heterocycles. The number of nitrogens with zero attached hydrogens (tertiary/aromatic N) is 1. The first-order valence-corrected chi connectivity index (χ1v) is 8.02. The summed E-state index contributed by atoms with van der Waals surface area (Å²) in [5.74, 6) is 1.21. The summed E-state index contributed by atoms with van der Waals surface area (Å²) in [7, 11) is 4.21. The summed E-state index contributed by atoms with van der Waals surface area (Å²) in [6.45, 7) is 4.26. The predicted octanol–water partition coefficient (Wildman–Crippen LogP) is 2.98. The Morgan fingerprint density at radius 3 is 2.33 bits per heavy atom. The van der Waals surface area contributed by atoms with E-state index in [9.17, 15) is 0 Å². The Morgan fingerprint density at radius 1 is 1.22 bits per heavy atom. The minimum atomic E-state index is 0.678. The summed E-state index contributed by atoms with van der Waals surface area (Å²) < 4.78 is 0. The van der Waals surface area contributed by atoms with E-state index in [1.165, 1.54) is 23.3 Å². The first-order valence-electron chi connectivity index (χ1n) is 6.62. The van der Waals surface area contributed by atoms with Gasteiger partial charge in [0.25, 0.3) is 0 Å². The molecule has 3 heteroatoms. The van der Waals surface area contributed by atoms with Gasteiger partial charge in [0.05, 0.1) is 0 Å². The highest BCUT2D eigenvalue weighted by molar-refractivity contribution is 7.98. The molecule has 0 amide bonds. The zero-order valence-electron chi connectivity index (χ0n) is 12.1. The summed E-state index contributed by atoms with van der Waals surface area (Å²) in [4.78, 5) is 2.46. The van der Waals surface area contributed by atoms with Gasteiger partial charge >= 0.3 is 0 Å². The molecule has 0 aliphatic carbocycles. The zero-order valence-corrected chi connectivity index (χ0v) is 12.9. The average Bonchev–Trinajstić information content (AvgIpc) is 2.38. The van der Waals surface area contributed by atoms with E-state index in [0.717, 1.165) is 13.1 Å². The highest BCUT2D eigenvalue weighted by Crippen LogP contribution is 2.13. The molecule has 0 aromatic heterocycles. The largest absolute Gasteiger partial charge is 0.316 e. The van der Waals surface area contributed by atoms with Gasteiger partial charge in [0.15, 0.2) is 0 Å². The van der Waals surface area contributed by atoms with Gasteiger partial charge in [0, 0.05) is 24.9 Å². The molecule has 0 heterocycles. The van der Waals surface area contributed by atoms with Crippen molar-refractivity contribution in [3.63, 3.8) is 0 Å². The minimum Gasteiger partial charge on any atom is -0.316 e. The van der Waals surface area contributed by atoms with Gasteiger partial charge in [0.2, 0.25) is 0 Å². The van der Waals surface area contributed by atoms with E-state index in [4.69, 9.17) is 0 Å². The molecule has 0 saturated carbocycles. The number of nitrogens with one attached hydrogen (secondary N) is 1. The van der Waals surface area contributed by atoms with E-state index in [-0.39, 0.29) is 0 Å². The van der Waals surface area contributed by atoms with Crippen LogP contribution in [0.15, 0.2) is 24.3 Å². The molecule has 0 fully saturated rings. The van der Waals surface area contributed by atoms with Crippen LogP contribution in [0.2, 0.25) is 0 Å². The van der Waals surface area contributed by atoms with Crippen molar-refractivity contribution in [3.05, 3.63) is 35.4 Å². The van der Waals surface area contributed by atoms with Crippen molar-refractivity contribution in [2.45, 2.75) is 32.5 Å². The maximum Gasteiger partial charge on any atom is 0.0233 e. The Hall–Kier alpha value is -0.510. The maximum absolute atomic E-state index is 3.18. The summed E-state index contributed by atoms with van der Waals surface area (Å²) in [5, 5.41) is 3.18. The van der Waals surface area contributed by atoms with Gasteiger partial charge in [0.1, 0.15) is 0 Å². The topological polar surface area (TPSA) is 15.3 Å². The zero-order chi connectivity index (χ0) is 13.4. The Kier molecular flexibility index (Phi) is 7.40. The number of benzene rings is 1. The van der Waals surface area contributed by atoms with Gasteiger partial charge in [-0.2, -0.15) is 11.8 Å². The molecule has 0 radical (unpaired) electrons. The van der Waals surface area contributed by atoms with E-state index in [0.29, 0.717) is 6.04 Å². The van der Waals surface area contributed by atoms with Gasteiger partial charge < -0.3 is 5.32 Å². The van der Waals surface area contributed by atoms with Gasteiger partial charge in [-0.25, -0.2) is 0 Å². The van der Waals surface area contributed by atoms with Crippen molar-refractivity contribution < 1.29 is 0 Å². The fourth-order valence-electron chi connectivity index (χ4n) is 2.13. The first-order chi connectivity index (χ1) is 8.71. The van der Waals surface area contributed by atoms with Crippen LogP contribution in [-0.4, -0.2) is 37.0 Å². The fraction of sp³-hybridized carbons (Fsp3) is 0.600. The molecular formula is C15H26N2S. The van der Waals surface area contributed by atoms with Crippen LogP contribution in [-0.2, 0) is 13.1 Å². The quantitative estimate of drug-likeness (QED) is 0.779. The van der Waals surface area contributed by atoms with Crippen molar-refractivity contribution in [1.29, 1.82) is 0 Å². The third kappa shape index (κ3) is 5.01. The van der Waals surface area contributed by atoms with Crippen molar-refractivity contribution >= 4 is 11.8 Å². The standard InChI is InChI=1S/C15H26N2S/c1-5-15(12-18-4)17(3)11-14-8-6-13(7-9-14)10-16-2/h6-9,15-16H,5,10-12H2,1-4H3. The van der Waals surface area contributed by atoms with Crippen molar-refractivity contribution in [3.8, 4) is 0 Å². The lowest BCUT2D eigenvalue weighted by atomic mass is 10.1. The average molecular weight is 266 g/mol. The molecule has 1 atom stereocenters. The minimum absolute atomic E-state index is 0.678. The molecule has 1 N–H and O–H groups in total. The van der Waals surface area contributed by atoms with Crippen LogP contribution < -0.4 is 5.32 Å². The monoisotopic (exact) mass is 266 g/mol. The van der Waals surface area contributed by atoms with E-state index in [2.05, 4.69) is 54.7 Å². The molecule has 1 unspecified atom stereocenters. The van der Waals surface area contributed by atoms with Crippen LogP contribution in [0, 0.1) is 0 Å². The number of hydrogen-bond acceptors (Lipinski definition) is 3. The second-order valence-electron chi connectivity index (χ2n) is 4.78. The summed E-state index contributed by atoms with van der Waals surface area (Å²) in [6, 6.07) is 9.60. The number of thioether (sulfide) groups is 1. The van der Waals surface area contributed by atoms with Gasteiger partial charge in [-0.15, -0.1) is 0 Å². The molecule has 1 aromatic rings. The predicted molar refractivity (Wildman–Crippen MR) is 83.1 cm³/mol. The fourth-order valence-corrected chi connectivity index (χ4v) is 3.01. The highest BCUT2D eigenvalue weighted by Gasteiger charge is 2.11. The van der Waals surface area contributed by atoms with Crippen LogP contribution in [0.1, 0.15) is 24.5 Å². The van der Waals surface area contributed by atoms with Crippen molar-refractivity contribution in [1.82, 2.24) is 10.2 Å².